The van der Waals surface area contributed by atoms with Gasteiger partial charge in [-0.15, -0.1) is 0 Å². The first-order chi connectivity index (χ1) is 23.7. The van der Waals surface area contributed by atoms with Gasteiger partial charge in [0.05, 0.1) is 29.1 Å². The van der Waals surface area contributed by atoms with Gasteiger partial charge in [-0.1, -0.05) is 30.4 Å². The Hall–Kier alpha value is -4.39. The number of para-hydroxylation sites is 1. The molecule has 4 heterocycles. The Morgan fingerprint density at radius 2 is 1.52 bits per heavy atom. The zero-order valence-electron chi connectivity index (χ0n) is 27.3. The van der Waals surface area contributed by atoms with Gasteiger partial charge in [0.15, 0.2) is 0 Å². The molecule has 3 fully saturated rings. The van der Waals surface area contributed by atoms with Crippen molar-refractivity contribution in [2.24, 2.45) is 5.92 Å². The number of piperidine rings is 2. The summed E-state index contributed by atoms with van der Waals surface area (Å²) in [5.74, 6) is 0.375. The molecule has 50 heavy (non-hydrogen) atoms. The van der Waals surface area contributed by atoms with Crippen molar-refractivity contribution in [2.75, 3.05) is 36.4 Å². The molecule has 13 heteroatoms. The molecule has 1 aromatic heterocycles. The van der Waals surface area contributed by atoms with Crippen molar-refractivity contribution in [1.82, 2.24) is 14.8 Å². The molecule has 1 unspecified atom stereocenters. The summed E-state index contributed by atoms with van der Waals surface area (Å²) in [7, 11) is 0. The second-order valence-corrected chi connectivity index (χ2v) is 13.9. The van der Waals surface area contributed by atoms with Crippen molar-refractivity contribution in [1.29, 1.82) is 0 Å². The van der Waals surface area contributed by atoms with E-state index in [1.54, 1.807) is 35.4 Å². The molecule has 7 nitrogen and oxygen atoms in total. The molecule has 0 radical (unpaired) electrons. The number of aromatic nitrogens is 1. The number of likely N-dealkylation sites (tertiary alicyclic amines) is 2. The minimum absolute atomic E-state index is 0.0544. The fourth-order valence-corrected chi connectivity index (χ4v) is 7.68. The third-order valence-corrected chi connectivity index (χ3v) is 10.6. The third kappa shape index (κ3) is 6.71. The van der Waals surface area contributed by atoms with E-state index in [4.69, 9.17) is 0 Å². The maximum Gasteiger partial charge on any atom is 0.416 e. The van der Waals surface area contributed by atoms with Crippen molar-refractivity contribution in [2.45, 2.75) is 69.0 Å². The molecule has 4 aliphatic rings. The molecular weight excluding hydrogens is 660 g/mol. The number of alkyl halides is 6. The molecule has 2 amide bonds. The van der Waals surface area contributed by atoms with Crippen LogP contribution in [0, 0.1) is 5.92 Å². The van der Waals surface area contributed by atoms with Crippen LogP contribution >= 0.6 is 0 Å². The lowest BCUT2D eigenvalue weighted by Crippen LogP contribution is -2.52. The highest BCUT2D eigenvalue weighted by Crippen LogP contribution is 2.49. The van der Waals surface area contributed by atoms with E-state index in [1.165, 1.54) is 10.5 Å². The third-order valence-electron chi connectivity index (χ3n) is 10.6. The van der Waals surface area contributed by atoms with E-state index in [2.05, 4.69) is 27.8 Å². The van der Waals surface area contributed by atoms with Gasteiger partial charge in [-0.3, -0.25) is 14.5 Å². The van der Waals surface area contributed by atoms with Crippen molar-refractivity contribution in [3.8, 4) is 0 Å². The van der Waals surface area contributed by atoms with Crippen LogP contribution in [-0.4, -0.2) is 58.8 Å². The van der Waals surface area contributed by atoms with E-state index < -0.39 is 35.4 Å². The van der Waals surface area contributed by atoms with Gasteiger partial charge >= 0.3 is 12.4 Å². The molecule has 1 N–H and O–H groups in total. The summed E-state index contributed by atoms with van der Waals surface area (Å²) >= 11 is 0. The Kier molecular flexibility index (Phi) is 8.68. The lowest BCUT2D eigenvalue weighted by molar-refractivity contribution is -0.143. The number of fused-ring (bicyclic) bond motifs is 2. The number of rotatable bonds is 7. The summed E-state index contributed by atoms with van der Waals surface area (Å²) in [5.41, 5.74) is -0.661. The highest BCUT2D eigenvalue weighted by atomic mass is 19.4. The molecule has 264 valence electrons. The SMILES string of the molecule is C=C1CC1Nc1cc(CN2CCC(C(=O)N3CCC4(CC3)C(=O)N(Cc3cc(C(F)(F)F)cc(C(F)(F)F)c3)c3ccccc34)CC2)ccn1. The number of anilines is 2. The van der Waals surface area contributed by atoms with Crippen LogP contribution < -0.4 is 10.2 Å². The highest BCUT2D eigenvalue weighted by Gasteiger charge is 2.52. The number of halogens is 6. The van der Waals surface area contributed by atoms with E-state index >= 15 is 0 Å². The van der Waals surface area contributed by atoms with E-state index in [0.717, 1.165) is 37.4 Å². The van der Waals surface area contributed by atoms with E-state index in [-0.39, 0.29) is 29.4 Å². The van der Waals surface area contributed by atoms with Crippen molar-refractivity contribution >= 4 is 23.3 Å². The lowest BCUT2D eigenvalue weighted by atomic mass is 9.73. The number of pyridine rings is 1. The number of benzene rings is 2. The standard InChI is InChI=1S/C37H37F6N5O2/c1-23-16-30(23)45-32-19-24(6-11-44-32)21-46-12-7-26(8-13-46)33(49)47-14-9-35(10-15-47)29-4-2-3-5-31(29)48(34(35)50)22-25-17-27(36(38,39)40)20-28(18-25)37(41,42)43/h2-6,11,17-20,26,30H,1,7-10,12-16,21-22H2,(H,44,45). The fraction of sp³-hybridized carbons (Fsp3) is 0.432. The summed E-state index contributed by atoms with van der Waals surface area (Å²) in [6.07, 6.45) is -5.17. The zero-order chi connectivity index (χ0) is 35.4. The second kappa shape index (κ2) is 12.7. The largest absolute Gasteiger partial charge is 0.416 e. The van der Waals surface area contributed by atoms with Crippen LogP contribution in [-0.2, 0) is 40.4 Å². The van der Waals surface area contributed by atoms with Crippen LogP contribution in [0.25, 0.3) is 0 Å². The maximum atomic E-state index is 14.1. The zero-order valence-corrected chi connectivity index (χ0v) is 27.3. The summed E-state index contributed by atoms with van der Waals surface area (Å²) in [6, 6.07) is 12.7. The second-order valence-electron chi connectivity index (χ2n) is 13.9. The minimum atomic E-state index is -4.99. The van der Waals surface area contributed by atoms with Gasteiger partial charge in [-0.25, -0.2) is 4.98 Å². The summed E-state index contributed by atoms with van der Waals surface area (Å²) in [5, 5.41) is 3.38. The van der Waals surface area contributed by atoms with E-state index in [0.29, 0.717) is 68.2 Å². The number of nitrogens with one attached hydrogen (secondary N) is 1. The summed E-state index contributed by atoms with van der Waals surface area (Å²) < 4.78 is 81.4. The van der Waals surface area contributed by atoms with Crippen LogP contribution in [0.5, 0.6) is 0 Å². The monoisotopic (exact) mass is 697 g/mol. The van der Waals surface area contributed by atoms with Crippen LogP contribution in [0.2, 0.25) is 0 Å². The van der Waals surface area contributed by atoms with Crippen molar-refractivity contribution < 1.29 is 35.9 Å². The van der Waals surface area contributed by atoms with Crippen LogP contribution in [0.4, 0.5) is 37.8 Å². The predicted molar refractivity (Wildman–Crippen MR) is 175 cm³/mol. The first-order valence-electron chi connectivity index (χ1n) is 16.8. The minimum Gasteiger partial charge on any atom is -0.363 e. The molecule has 2 saturated heterocycles. The molecule has 1 saturated carbocycles. The normalized spacial score (nSPS) is 21.1. The van der Waals surface area contributed by atoms with Gasteiger partial charge in [0.25, 0.3) is 0 Å². The maximum absolute atomic E-state index is 14.1. The van der Waals surface area contributed by atoms with Gasteiger partial charge < -0.3 is 15.1 Å². The predicted octanol–water partition coefficient (Wildman–Crippen LogP) is 7.18. The lowest BCUT2D eigenvalue weighted by Gasteiger charge is -2.41. The summed E-state index contributed by atoms with van der Waals surface area (Å²) in [4.78, 5) is 37.6. The topological polar surface area (TPSA) is 68.8 Å². The van der Waals surface area contributed by atoms with Crippen LogP contribution in [0.3, 0.4) is 0 Å². The molecule has 2 aromatic carbocycles. The molecule has 1 atom stereocenters. The first-order valence-corrected chi connectivity index (χ1v) is 16.8. The van der Waals surface area contributed by atoms with E-state index in [9.17, 15) is 35.9 Å². The molecule has 3 aliphatic heterocycles. The van der Waals surface area contributed by atoms with Crippen molar-refractivity contribution in [3.63, 3.8) is 0 Å². The van der Waals surface area contributed by atoms with Gasteiger partial charge in [-0.2, -0.15) is 26.3 Å². The fourth-order valence-electron chi connectivity index (χ4n) is 7.68. The Balaban J connectivity index is 0.992. The van der Waals surface area contributed by atoms with Crippen LogP contribution in [0.1, 0.15) is 59.9 Å². The van der Waals surface area contributed by atoms with Gasteiger partial charge in [-0.05, 0) is 98.3 Å². The van der Waals surface area contributed by atoms with E-state index in [1.807, 2.05) is 6.07 Å². The number of amides is 2. The number of carbonyl (C=O) groups excluding carboxylic acids is 2. The van der Waals surface area contributed by atoms with Gasteiger partial charge in [0.1, 0.15) is 5.82 Å². The Morgan fingerprint density at radius 3 is 2.14 bits per heavy atom. The number of nitrogens with zero attached hydrogens (tertiary/aromatic N) is 4. The number of hydrogen-bond acceptors (Lipinski definition) is 5. The molecule has 1 spiro atoms. The Bertz CT molecular complexity index is 1780. The summed E-state index contributed by atoms with van der Waals surface area (Å²) in [6.45, 7) is 6.48. The average Bonchev–Trinajstić information content (AvgIpc) is 3.74. The first kappa shape index (κ1) is 34.1. The van der Waals surface area contributed by atoms with Crippen molar-refractivity contribution in [3.05, 3.63) is 101 Å². The Labute approximate surface area is 285 Å². The Morgan fingerprint density at radius 1 is 0.880 bits per heavy atom. The molecule has 0 bridgehead atoms. The quantitative estimate of drug-likeness (QED) is 0.210. The number of hydrogen-bond donors (Lipinski definition) is 1. The smallest absolute Gasteiger partial charge is 0.363 e. The number of carbonyl (C=O) groups is 2. The van der Waals surface area contributed by atoms with Crippen LogP contribution in [0.15, 0.2) is 72.9 Å². The average molecular weight is 698 g/mol. The molecule has 7 rings (SSSR count). The van der Waals surface area contributed by atoms with Gasteiger partial charge in [0.2, 0.25) is 11.8 Å². The molecule has 3 aromatic rings. The highest BCUT2D eigenvalue weighted by molar-refractivity contribution is 6.08. The molecule has 1 aliphatic carbocycles. The van der Waals surface area contributed by atoms with Gasteiger partial charge in [0, 0.05) is 37.4 Å². The molecular formula is C37H37F6N5O2.